The van der Waals surface area contributed by atoms with Crippen molar-refractivity contribution < 1.29 is 9.59 Å². The van der Waals surface area contributed by atoms with Gasteiger partial charge in [0.15, 0.2) is 5.11 Å². The molecule has 0 fully saturated rings. The molecule has 0 unspecified atom stereocenters. The molecule has 0 aliphatic carbocycles. The molecule has 0 bridgehead atoms. The predicted octanol–water partition coefficient (Wildman–Crippen LogP) is 6.76. The van der Waals surface area contributed by atoms with Crippen LogP contribution in [0, 0.1) is 0 Å². The lowest BCUT2D eigenvalue weighted by atomic mass is 10.1. The highest BCUT2D eigenvalue weighted by atomic mass is 35.5. The Kier molecular flexibility index (Phi) is 11.0. The number of anilines is 2. The SMILES string of the molecule is O=C(CCCCCCc1ccccc1)Nc1cccc(C(=O)NNC(=S)Nc2ccc(Cl)c(Cl)c2)c1. The van der Waals surface area contributed by atoms with Gasteiger partial charge in [-0.1, -0.05) is 72.4 Å². The number of aryl methyl sites for hydroxylation is 1. The van der Waals surface area contributed by atoms with Crippen LogP contribution < -0.4 is 21.5 Å². The summed E-state index contributed by atoms with van der Waals surface area (Å²) < 4.78 is 0. The molecule has 9 heteroatoms. The third kappa shape index (κ3) is 9.49. The third-order valence-corrected chi connectivity index (χ3v) is 6.28. The van der Waals surface area contributed by atoms with Gasteiger partial charge in [0, 0.05) is 23.4 Å². The first-order valence-corrected chi connectivity index (χ1v) is 12.8. The summed E-state index contributed by atoms with van der Waals surface area (Å²) in [6.45, 7) is 0. The molecule has 3 rings (SSSR count). The fraction of sp³-hybridized carbons (Fsp3) is 0.222. The highest BCUT2D eigenvalue weighted by molar-refractivity contribution is 7.80. The van der Waals surface area contributed by atoms with Crippen molar-refractivity contribution in [3.63, 3.8) is 0 Å². The molecule has 3 aromatic rings. The molecule has 0 aliphatic heterocycles. The molecule has 0 spiro atoms. The number of rotatable bonds is 10. The Labute approximate surface area is 226 Å². The molecule has 0 saturated carbocycles. The smallest absolute Gasteiger partial charge is 0.269 e. The average Bonchev–Trinajstić information content (AvgIpc) is 2.87. The first kappa shape index (κ1) is 27.5. The number of thiocarbonyl (C=S) groups is 1. The molecule has 0 aromatic heterocycles. The van der Waals surface area contributed by atoms with Crippen LogP contribution in [0.4, 0.5) is 11.4 Å². The van der Waals surface area contributed by atoms with E-state index in [1.807, 2.05) is 6.07 Å². The summed E-state index contributed by atoms with van der Waals surface area (Å²) in [6.07, 6.45) is 5.54. The van der Waals surface area contributed by atoms with Gasteiger partial charge in [0.05, 0.1) is 10.0 Å². The fourth-order valence-electron chi connectivity index (χ4n) is 3.50. The minimum absolute atomic E-state index is 0.0688. The number of benzene rings is 3. The molecule has 188 valence electrons. The van der Waals surface area contributed by atoms with Crippen LogP contribution in [0.3, 0.4) is 0 Å². The van der Waals surface area contributed by atoms with E-state index in [0.29, 0.717) is 33.4 Å². The largest absolute Gasteiger partial charge is 0.331 e. The first-order chi connectivity index (χ1) is 17.4. The Balaban J connectivity index is 1.36. The molecule has 0 atom stereocenters. The summed E-state index contributed by atoms with van der Waals surface area (Å²) in [7, 11) is 0. The van der Waals surface area contributed by atoms with Gasteiger partial charge in [0.25, 0.3) is 5.91 Å². The maximum Gasteiger partial charge on any atom is 0.269 e. The Morgan fingerprint density at radius 3 is 2.25 bits per heavy atom. The van der Waals surface area contributed by atoms with E-state index in [-0.39, 0.29) is 11.0 Å². The predicted molar refractivity (Wildman–Crippen MR) is 152 cm³/mol. The number of hydrogen-bond acceptors (Lipinski definition) is 3. The molecule has 3 aromatic carbocycles. The Bertz CT molecular complexity index is 1190. The maximum absolute atomic E-state index is 12.5. The summed E-state index contributed by atoms with van der Waals surface area (Å²) in [5, 5.41) is 6.75. The second kappa shape index (κ2) is 14.4. The Hall–Kier alpha value is -3.13. The minimum atomic E-state index is -0.400. The molecule has 0 heterocycles. The van der Waals surface area contributed by atoms with Gasteiger partial charge in [-0.05, 0) is 73.4 Å². The molecular weight excluding hydrogens is 515 g/mol. The molecule has 0 radical (unpaired) electrons. The van der Waals surface area contributed by atoms with E-state index >= 15 is 0 Å². The van der Waals surface area contributed by atoms with Crippen LogP contribution >= 0.6 is 35.4 Å². The van der Waals surface area contributed by atoms with Gasteiger partial charge in [0.1, 0.15) is 0 Å². The first-order valence-electron chi connectivity index (χ1n) is 11.7. The van der Waals surface area contributed by atoms with Crippen LogP contribution in [-0.4, -0.2) is 16.9 Å². The molecule has 2 amide bonds. The van der Waals surface area contributed by atoms with Crippen LogP contribution in [0.25, 0.3) is 0 Å². The number of hydrazine groups is 1. The van der Waals surface area contributed by atoms with Crippen molar-refractivity contribution in [1.82, 2.24) is 10.9 Å². The molecule has 6 nitrogen and oxygen atoms in total. The van der Waals surface area contributed by atoms with E-state index in [1.54, 1.807) is 42.5 Å². The average molecular weight is 544 g/mol. The van der Waals surface area contributed by atoms with Crippen LogP contribution in [-0.2, 0) is 11.2 Å². The number of hydrogen-bond donors (Lipinski definition) is 4. The fourth-order valence-corrected chi connectivity index (χ4v) is 3.96. The molecule has 0 aliphatic rings. The van der Waals surface area contributed by atoms with Crippen LogP contribution in [0.15, 0.2) is 72.8 Å². The zero-order valence-electron chi connectivity index (χ0n) is 19.7. The Morgan fingerprint density at radius 2 is 1.47 bits per heavy atom. The molecule has 0 saturated heterocycles. The van der Waals surface area contributed by atoms with E-state index in [2.05, 4.69) is 45.8 Å². The summed E-state index contributed by atoms with van der Waals surface area (Å²) in [5.41, 5.74) is 8.07. The number of carbonyl (C=O) groups excluding carboxylic acids is 2. The van der Waals surface area contributed by atoms with Crippen molar-refractivity contribution >= 4 is 63.7 Å². The number of halogens is 2. The van der Waals surface area contributed by atoms with Crippen molar-refractivity contribution in [3.05, 3.63) is 94.0 Å². The van der Waals surface area contributed by atoms with Crippen molar-refractivity contribution in [3.8, 4) is 0 Å². The van der Waals surface area contributed by atoms with Crippen LogP contribution in [0.2, 0.25) is 10.0 Å². The van der Waals surface area contributed by atoms with Gasteiger partial charge in [0.2, 0.25) is 5.91 Å². The second-order valence-electron chi connectivity index (χ2n) is 8.19. The standard InChI is InChI=1S/C27H28Cl2N4O2S/c28-23-16-15-22(18-24(23)29)31-27(36)33-32-26(35)20-12-8-13-21(17-20)30-25(34)14-7-2-1-4-9-19-10-5-3-6-11-19/h3,5-6,8,10-13,15-18H,1-2,4,7,9,14H2,(H,30,34)(H,32,35)(H2,31,33,36). The van der Waals surface area contributed by atoms with E-state index in [4.69, 9.17) is 35.4 Å². The summed E-state index contributed by atoms with van der Waals surface area (Å²) >= 11 is 17.1. The van der Waals surface area contributed by atoms with Gasteiger partial charge >= 0.3 is 0 Å². The summed E-state index contributed by atoms with van der Waals surface area (Å²) in [4.78, 5) is 24.8. The highest BCUT2D eigenvalue weighted by Gasteiger charge is 2.09. The van der Waals surface area contributed by atoms with Crippen molar-refractivity contribution in [2.45, 2.75) is 38.5 Å². The van der Waals surface area contributed by atoms with Crippen molar-refractivity contribution in [2.24, 2.45) is 0 Å². The van der Waals surface area contributed by atoms with Crippen molar-refractivity contribution in [1.29, 1.82) is 0 Å². The third-order valence-electron chi connectivity index (χ3n) is 5.34. The number of nitrogens with one attached hydrogen (secondary N) is 4. The van der Waals surface area contributed by atoms with Gasteiger partial charge in [-0.25, -0.2) is 0 Å². The minimum Gasteiger partial charge on any atom is -0.331 e. The van der Waals surface area contributed by atoms with Gasteiger partial charge in [-0.3, -0.25) is 20.4 Å². The summed E-state index contributed by atoms with van der Waals surface area (Å²) in [6, 6.07) is 22.1. The van der Waals surface area contributed by atoms with E-state index in [1.165, 1.54) is 5.56 Å². The topological polar surface area (TPSA) is 82.3 Å². The number of amides is 2. The van der Waals surface area contributed by atoms with Gasteiger partial charge in [-0.15, -0.1) is 0 Å². The highest BCUT2D eigenvalue weighted by Crippen LogP contribution is 2.24. The van der Waals surface area contributed by atoms with E-state index < -0.39 is 5.91 Å². The van der Waals surface area contributed by atoms with Crippen LogP contribution in [0.1, 0.15) is 48.0 Å². The quantitative estimate of drug-likeness (QED) is 0.129. The Morgan fingerprint density at radius 1 is 0.722 bits per heavy atom. The summed E-state index contributed by atoms with van der Waals surface area (Å²) in [5.74, 6) is -0.469. The van der Waals surface area contributed by atoms with E-state index in [9.17, 15) is 9.59 Å². The lowest BCUT2D eigenvalue weighted by molar-refractivity contribution is -0.116. The zero-order valence-corrected chi connectivity index (χ0v) is 22.0. The van der Waals surface area contributed by atoms with Gasteiger partial charge < -0.3 is 10.6 Å². The molecular formula is C27H28Cl2N4O2S. The lowest BCUT2D eigenvalue weighted by Gasteiger charge is -2.13. The molecule has 36 heavy (non-hydrogen) atoms. The lowest BCUT2D eigenvalue weighted by Crippen LogP contribution is -2.43. The van der Waals surface area contributed by atoms with Crippen LogP contribution in [0.5, 0.6) is 0 Å². The maximum atomic E-state index is 12.5. The number of unbranched alkanes of at least 4 members (excludes halogenated alkanes) is 3. The number of carbonyl (C=O) groups is 2. The van der Waals surface area contributed by atoms with Crippen molar-refractivity contribution in [2.75, 3.05) is 10.6 Å². The monoisotopic (exact) mass is 542 g/mol. The van der Waals surface area contributed by atoms with Gasteiger partial charge in [-0.2, -0.15) is 0 Å². The second-order valence-corrected chi connectivity index (χ2v) is 9.41. The molecule has 4 N–H and O–H groups in total. The normalized spacial score (nSPS) is 10.4. The van der Waals surface area contributed by atoms with E-state index in [0.717, 1.165) is 32.1 Å². The zero-order chi connectivity index (χ0) is 25.8.